The number of ether oxygens (including phenoxy) is 3. The lowest BCUT2D eigenvalue weighted by Crippen LogP contribution is -2.47. The van der Waals surface area contributed by atoms with Crippen molar-refractivity contribution in [1.29, 1.82) is 0 Å². The van der Waals surface area contributed by atoms with Crippen molar-refractivity contribution in [1.82, 2.24) is 20.2 Å². The zero-order valence-electron chi connectivity index (χ0n) is 21.1. The van der Waals surface area contributed by atoms with Gasteiger partial charge in [-0.05, 0) is 31.4 Å². The molecule has 0 saturated carbocycles. The molecule has 38 heavy (non-hydrogen) atoms. The minimum Gasteiger partial charge on any atom is -0.495 e. The Hall–Kier alpha value is -3.54. The standard InChI is InChI=1S/C26H30F4N4O4/c1-16-12-18-17-6-3-4-7-20(17)33-23(18)24(34(16)15-26(28,29)30)19-13-22(32-14-21(19)36-2)37-10-11-38-25(35)31-9-5-8-27/h3-4,6-7,13-14,16,24,33H,5,8-12,15H2,1-2H3,(H,31,35)/t16-,24-/m1/s1. The zero-order chi connectivity index (χ0) is 27.3. The molecule has 0 aliphatic carbocycles. The number of benzene rings is 1. The lowest BCUT2D eigenvalue weighted by molar-refractivity contribution is -0.155. The summed E-state index contributed by atoms with van der Waals surface area (Å²) in [5, 5.41) is 3.38. The first-order valence-electron chi connectivity index (χ1n) is 12.3. The van der Waals surface area contributed by atoms with Crippen molar-refractivity contribution in [3.05, 3.63) is 53.3 Å². The molecule has 2 N–H and O–H groups in total. The molecule has 206 valence electrons. The van der Waals surface area contributed by atoms with E-state index in [9.17, 15) is 22.4 Å². The minimum atomic E-state index is -4.42. The van der Waals surface area contributed by atoms with Crippen molar-refractivity contribution in [3.63, 3.8) is 0 Å². The summed E-state index contributed by atoms with van der Waals surface area (Å²) < 4.78 is 69.5. The molecule has 1 aliphatic rings. The molecule has 1 aliphatic heterocycles. The van der Waals surface area contributed by atoms with Gasteiger partial charge in [0.1, 0.15) is 19.0 Å². The van der Waals surface area contributed by atoms with Crippen molar-refractivity contribution < 1.29 is 36.6 Å². The van der Waals surface area contributed by atoms with E-state index in [-0.39, 0.29) is 32.1 Å². The number of carbonyl (C=O) groups is 1. The monoisotopic (exact) mass is 538 g/mol. The molecule has 0 spiro atoms. The van der Waals surface area contributed by atoms with Crippen LogP contribution in [0.2, 0.25) is 0 Å². The third-order valence-corrected chi connectivity index (χ3v) is 6.41. The van der Waals surface area contributed by atoms with E-state index < -0.39 is 37.6 Å². The molecule has 1 amide bonds. The highest BCUT2D eigenvalue weighted by molar-refractivity contribution is 5.85. The first-order chi connectivity index (χ1) is 18.2. The van der Waals surface area contributed by atoms with Gasteiger partial charge >= 0.3 is 12.3 Å². The van der Waals surface area contributed by atoms with Crippen molar-refractivity contribution >= 4 is 17.0 Å². The van der Waals surface area contributed by atoms with Crippen LogP contribution in [-0.4, -0.2) is 73.3 Å². The average molecular weight is 539 g/mol. The zero-order valence-corrected chi connectivity index (χ0v) is 21.1. The van der Waals surface area contributed by atoms with Crippen LogP contribution in [0.4, 0.5) is 22.4 Å². The van der Waals surface area contributed by atoms with E-state index in [1.165, 1.54) is 18.2 Å². The third-order valence-electron chi connectivity index (χ3n) is 6.41. The topological polar surface area (TPSA) is 88.7 Å². The molecule has 3 heterocycles. The lowest BCUT2D eigenvalue weighted by Gasteiger charge is -2.41. The van der Waals surface area contributed by atoms with Gasteiger partial charge < -0.3 is 24.5 Å². The van der Waals surface area contributed by atoms with Crippen LogP contribution in [0.5, 0.6) is 11.6 Å². The molecule has 3 aromatic rings. The number of fused-ring (bicyclic) bond motifs is 3. The maximum absolute atomic E-state index is 13.7. The van der Waals surface area contributed by atoms with Gasteiger partial charge in [-0.1, -0.05) is 18.2 Å². The van der Waals surface area contributed by atoms with Crippen LogP contribution in [-0.2, 0) is 11.2 Å². The number of aromatic amines is 1. The van der Waals surface area contributed by atoms with Crippen molar-refractivity contribution in [2.75, 3.05) is 40.1 Å². The molecule has 1 aromatic carbocycles. The Morgan fingerprint density at radius 1 is 1.26 bits per heavy atom. The largest absolute Gasteiger partial charge is 0.495 e. The number of para-hydroxylation sites is 1. The molecule has 2 atom stereocenters. The molecular formula is C26H30F4N4O4. The van der Waals surface area contributed by atoms with Gasteiger partial charge in [-0.3, -0.25) is 9.29 Å². The number of aromatic nitrogens is 2. The van der Waals surface area contributed by atoms with E-state index >= 15 is 0 Å². The second kappa shape index (κ2) is 11.9. The molecule has 0 fully saturated rings. The van der Waals surface area contributed by atoms with Crippen LogP contribution in [0.15, 0.2) is 36.5 Å². The number of amides is 1. The Bertz CT molecular complexity index is 1250. The van der Waals surface area contributed by atoms with E-state index in [1.807, 2.05) is 24.3 Å². The first kappa shape index (κ1) is 27.5. The van der Waals surface area contributed by atoms with Gasteiger partial charge in [0.2, 0.25) is 5.88 Å². The Morgan fingerprint density at radius 3 is 2.79 bits per heavy atom. The van der Waals surface area contributed by atoms with Gasteiger partial charge in [0.25, 0.3) is 0 Å². The number of methoxy groups -OCH3 is 1. The number of halogens is 4. The van der Waals surface area contributed by atoms with Gasteiger partial charge in [-0.2, -0.15) is 13.2 Å². The normalized spacial score (nSPS) is 17.7. The van der Waals surface area contributed by atoms with E-state index in [0.29, 0.717) is 23.4 Å². The second-order valence-electron chi connectivity index (χ2n) is 9.02. The number of pyridine rings is 1. The van der Waals surface area contributed by atoms with Crippen LogP contribution in [0.1, 0.15) is 36.2 Å². The predicted molar refractivity (Wildman–Crippen MR) is 132 cm³/mol. The number of carbonyl (C=O) groups excluding carboxylic acids is 1. The number of hydrogen-bond donors (Lipinski definition) is 2. The van der Waals surface area contributed by atoms with E-state index in [0.717, 1.165) is 16.5 Å². The van der Waals surface area contributed by atoms with Gasteiger partial charge in [0, 0.05) is 40.8 Å². The summed E-state index contributed by atoms with van der Waals surface area (Å²) in [6, 6.07) is 7.97. The maximum Gasteiger partial charge on any atom is 0.407 e. The third kappa shape index (κ3) is 6.29. The Kier molecular flexibility index (Phi) is 8.60. The molecular weight excluding hydrogens is 508 g/mol. The van der Waals surface area contributed by atoms with Crippen molar-refractivity contribution in [3.8, 4) is 11.6 Å². The van der Waals surface area contributed by atoms with Gasteiger partial charge in [-0.25, -0.2) is 9.78 Å². The number of H-pyrrole nitrogens is 1. The molecule has 12 heteroatoms. The fourth-order valence-electron chi connectivity index (χ4n) is 4.79. The fourth-order valence-corrected chi connectivity index (χ4v) is 4.79. The molecule has 0 unspecified atom stereocenters. The number of nitrogens with zero attached hydrogens (tertiary/aromatic N) is 2. The summed E-state index contributed by atoms with van der Waals surface area (Å²) in [6.07, 6.45) is -3.07. The molecule has 0 bridgehead atoms. The summed E-state index contributed by atoms with van der Waals surface area (Å²) in [5.41, 5.74) is 2.93. The summed E-state index contributed by atoms with van der Waals surface area (Å²) in [7, 11) is 1.43. The molecule has 8 nitrogen and oxygen atoms in total. The Labute approximate surface area is 217 Å². The number of hydrogen-bond acceptors (Lipinski definition) is 6. The first-order valence-corrected chi connectivity index (χ1v) is 12.3. The molecule has 4 rings (SSSR count). The lowest BCUT2D eigenvalue weighted by atomic mass is 9.88. The highest BCUT2D eigenvalue weighted by atomic mass is 19.4. The minimum absolute atomic E-state index is 0.0414. The van der Waals surface area contributed by atoms with E-state index in [4.69, 9.17) is 14.2 Å². The summed E-state index contributed by atoms with van der Waals surface area (Å²) in [4.78, 5) is 20.6. The van der Waals surface area contributed by atoms with Crippen LogP contribution in [0, 0.1) is 0 Å². The smallest absolute Gasteiger partial charge is 0.407 e. The summed E-state index contributed by atoms with van der Waals surface area (Å²) >= 11 is 0. The van der Waals surface area contributed by atoms with Crippen LogP contribution in [0.3, 0.4) is 0 Å². The van der Waals surface area contributed by atoms with E-state index in [1.54, 1.807) is 13.0 Å². The quantitative estimate of drug-likeness (QED) is 0.281. The molecule has 0 radical (unpaired) electrons. The van der Waals surface area contributed by atoms with Gasteiger partial charge in [-0.15, -0.1) is 0 Å². The molecule has 0 saturated heterocycles. The Morgan fingerprint density at radius 2 is 2.05 bits per heavy atom. The van der Waals surface area contributed by atoms with Crippen LogP contribution in [0.25, 0.3) is 10.9 Å². The second-order valence-corrected chi connectivity index (χ2v) is 9.02. The number of alkyl carbamates (subject to hydrolysis) is 1. The maximum atomic E-state index is 13.7. The number of nitrogens with one attached hydrogen (secondary N) is 2. The summed E-state index contributed by atoms with van der Waals surface area (Å²) in [5.74, 6) is 0.460. The van der Waals surface area contributed by atoms with E-state index in [2.05, 4.69) is 15.3 Å². The van der Waals surface area contributed by atoms with Crippen LogP contribution < -0.4 is 14.8 Å². The van der Waals surface area contributed by atoms with Gasteiger partial charge in [0.05, 0.1) is 32.6 Å². The highest BCUT2D eigenvalue weighted by Crippen LogP contribution is 2.44. The Balaban J connectivity index is 1.63. The van der Waals surface area contributed by atoms with Crippen molar-refractivity contribution in [2.24, 2.45) is 0 Å². The van der Waals surface area contributed by atoms with Crippen LogP contribution >= 0.6 is 0 Å². The summed E-state index contributed by atoms with van der Waals surface area (Å²) in [6.45, 7) is 0.140. The fraction of sp³-hybridized carbons (Fsp3) is 0.462. The highest BCUT2D eigenvalue weighted by Gasteiger charge is 2.43. The average Bonchev–Trinajstić information content (AvgIpc) is 3.24. The SMILES string of the molecule is COc1cnc(OCCOC(=O)NCCCF)cc1[C@@H]1c2[nH]c3ccccc3c2C[C@@H](C)N1CC(F)(F)F. The van der Waals surface area contributed by atoms with Crippen molar-refractivity contribution in [2.45, 2.75) is 38.0 Å². The van der Waals surface area contributed by atoms with Gasteiger partial charge in [0.15, 0.2) is 0 Å². The number of alkyl halides is 4. The predicted octanol–water partition coefficient (Wildman–Crippen LogP) is 4.93. The number of rotatable bonds is 10. The molecule has 2 aromatic heterocycles.